The van der Waals surface area contributed by atoms with E-state index >= 15 is 0 Å². The zero-order chi connectivity index (χ0) is 16.3. The van der Waals surface area contributed by atoms with Crippen LogP contribution in [0.5, 0.6) is 5.75 Å². The van der Waals surface area contributed by atoms with Crippen LogP contribution in [0.1, 0.15) is 18.9 Å². The summed E-state index contributed by atoms with van der Waals surface area (Å²) in [6, 6.07) is 5.19. The van der Waals surface area contributed by atoms with Gasteiger partial charge in [0, 0.05) is 23.7 Å². The Morgan fingerprint density at radius 1 is 1.45 bits per heavy atom. The summed E-state index contributed by atoms with van der Waals surface area (Å²) in [6.07, 6.45) is 0.698. The van der Waals surface area contributed by atoms with Crippen LogP contribution in [0.2, 0.25) is 5.02 Å². The van der Waals surface area contributed by atoms with Crippen LogP contribution in [0.3, 0.4) is 0 Å². The van der Waals surface area contributed by atoms with Gasteiger partial charge in [-0.1, -0.05) is 18.5 Å². The third-order valence-corrected chi connectivity index (χ3v) is 4.39. The molecule has 22 heavy (non-hydrogen) atoms. The second-order valence-electron chi connectivity index (χ2n) is 5.68. The van der Waals surface area contributed by atoms with Gasteiger partial charge in [0.25, 0.3) is 0 Å². The van der Waals surface area contributed by atoms with E-state index in [1.165, 1.54) is 0 Å². The number of carboxylic acid groups (broad SMARTS) is 1. The zero-order valence-electron chi connectivity index (χ0n) is 12.7. The highest BCUT2D eigenvalue weighted by Gasteiger charge is 2.33. The molecule has 2 rings (SSSR count). The molecule has 2 atom stereocenters. The van der Waals surface area contributed by atoms with E-state index in [0.29, 0.717) is 30.3 Å². The summed E-state index contributed by atoms with van der Waals surface area (Å²) in [5.41, 5.74) is 0.744. The van der Waals surface area contributed by atoms with E-state index in [4.69, 9.17) is 21.4 Å². The molecule has 1 aromatic carbocycles. The first-order valence-corrected chi connectivity index (χ1v) is 7.63. The van der Waals surface area contributed by atoms with Gasteiger partial charge in [-0.05, 0) is 30.5 Å². The van der Waals surface area contributed by atoms with Gasteiger partial charge in [0.05, 0.1) is 19.4 Å². The molecule has 1 N–H and O–H groups in total. The van der Waals surface area contributed by atoms with Crippen LogP contribution < -0.4 is 4.74 Å². The van der Waals surface area contributed by atoms with Crippen molar-refractivity contribution in [3.05, 3.63) is 28.8 Å². The summed E-state index contributed by atoms with van der Waals surface area (Å²) in [5, 5.41) is 9.69. The number of nitrogens with zero attached hydrogens (tertiary/aromatic N) is 1. The van der Waals surface area contributed by atoms with Crippen molar-refractivity contribution in [3.63, 3.8) is 0 Å². The van der Waals surface area contributed by atoms with Crippen molar-refractivity contribution < 1.29 is 19.4 Å². The zero-order valence-corrected chi connectivity index (χ0v) is 13.5. The number of carbonyl (C=O) groups is 2. The summed E-state index contributed by atoms with van der Waals surface area (Å²) in [4.78, 5) is 25.3. The topological polar surface area (TPSA) is 66.8 Å². The molecule has 1 heterocycles. The summed E-state index contributed by atoms with van der Waals surface area (Å²) in [5.74, 6) is -0.597. The lowest BCUT2D eigenvalue weighted by molar-refractivity contribution is -0.148. The number of carboxylic acids is 1. The van der Waals surface area contributed by atoms with Crippen molar-refractivity contribution in [3.8, 4) is 5.75 Å². The van der Waals surface area contributed by atoms with Crippen LogP contribution in [-0.2, 0) is 16.0 Å². The molecular formula is C16H20ClNO4. The molecule has 0 saturated carbocycles. The summed E-state index contributed by atoms with van der Waals surface area (Å²) in [7, 11) is 1.55. The van der Waals surface area contributed by atoms with Gasteiger partial charge in [-0.3, -0.25) is 9.59 Å². The molecule has 120 valence electrons. The minimum atomic E-state index is -0.781. The molecule has 6 heteroatoms. The number of hydrogen-bond acceptors (Lipinski definition) is 3. The second-order valence-corrected chi connectivity index (χ2v) is 6.12. The molecule has 0 aromatic heterocycles. The van der Waals surface area contributed by atoms with Crippen molar-refractivity contribution in [2.75, 3.05) is 20.2 Å². The lowest BCUT2D eigenvalue weighted by Crippen LogP contribution is -2.45. The first-order chi connectivity index (χ1) is 10.4. The highest BCUT2D eigenvalue weighted by molar-refractivity contribution is 6.30. The number of ether oxygens (including phenoxy) is 1. The molecule has 1 aliphatic rings. The lowest BCUT2D eigenvalue weighted by Gasteiger charge is -2.35. The van der Waals surface area contributed by atoms with E-state index in [0.717, 1.165) is 5.56 Å². The van der Waals surface area contributed by atoms with E-state index in [9.17, 15) is 9.59 Å². The quantitative estimate of drug-likeness (QED) is 0.923. The number of likely N-dealkylation sites (tertiary alicyclic amines) is 1. The number of rotatable bonds is 4. The van der Waals surface area contributed by atoms with Crippen LogP contribution in [-0.4, -0.2) is 42.1 Å². The Hall–Kier alpha value is -1.75. The van der Waals surface area contributed by atoms with E-state index in [1.54, 1.807) is 30.2 Å². The van der Waals surface area contributed by atoms with Crippen LogP contribution >= 0.6 is 11.6 Å². The summed E-state index contributed by atoms with van der Waals surface area (Å²) >= 11 is 5.97. The molecule has 1 aliphatic heterocycles. The fourth-order valence-electron chi connectivity index (χ4n) is 2.90. The van der Waals surface area contributed by atoms with Gasteiger partial charge in [-0.2, -0.15) is 0 Å². The van der Waals surface area contributed by atoms with Gasteiger partial charge < -0.3 is 14.7 Å². The number of aliphatic carboxylic acids is 1. The van der Waals surface area contributed by atoms with Gasteiger partial charge in [-0.15, -0.1) is 0 Å². The van der Waals surface area contributed by atoms with Crippen molar-refractivity contribution >= 4 is 23.5 Å². The molecular weight excluding hydrogens is 306 g/mol. The Morgan fingerprint density at radius 2 is 2.18 bits per heavy atom. The number of halogens is 1. The van der Waals surface area contributed by atoms with Crippen LogP contribution in [0.15, 0.2) is 18.2 Å². The molecule has 0 radical (unpaired) electrons. The number of carbonyl (C=O) groups excluding carboxylic acids is 1. The SMILES string of the molecule is COc1ccc(Cl)cc1CC(=O)N1CCC(C(=O)O)C(C)C1. The predicted octanol–water partition coefficient (Wildman–Crippen LogP) is 2.46. The lowest BCUT2D eigenvalue weighted by atomic mass is 9.87. The fourth-order valence-corrected chi connectivity index (χ4v) is 3.09. The van der Waals surface area contributed by atoms with Crippen molar-refractivity contribution in [2.45, 2.75) is 19.8 Å². The Labute approximate surface area is 134 Å². The molecule has 1 fully saturated rings. The maximum Gasteiger partial charge on any atom is 0.306 e. The largest absolute Gasteiger partial charge is 0.496 e. The average Bonchev–Trinajstić information content (AvgIpc) is 2.47. The minimum Gasteiger partial charge on any atom is -0.496 e. The number of methoxy groups -OCH3 is 1. The van der Waals surface area contributed by atoms with Crippen molar-refractivity contribution in [1.82, 2.24) is 4.90 Å². The van der Waals surface area contributed by atoms with Crippen LogP contribution in [0.4, 0.5) is 0 Å². The van der Waals surface area contributed by atoms with Gasteiger partial charge in [0.2, 0.25) is 5.91 Å². The Kier molecular flexibility index (Phi) is 5.29. The third-order valence-electron chi connectivity index (χ3n) is 4.16. The van der Waals surface area contributed by atoms with E-state index in [2.05, 4.69) is 0 Å². The minimum absolute atomic E-state index is 0.0312. The highest BCUT2D eigenvalue weighted by Crippen LogP contribution is 2.26. The Balaban J connectivity index is 2.04. The van der Waals surface area contributed by atoms with Gasteiger partial charge in [0.1, 0.15) is 5.75 Å². The smallest absolute Gasteiger partial charge is 0.306 e. The monoisotopic (exact) mass is 325 g/mol. The van der Waals surface area contributed by atoms with E-state index < -0.39 is 5.97 Å². The fraction of sp³-hybridized carbons (Fsp3) is 0.500. The van der Waals surface area contributed by atoms with Crippen LogP contribution in [0, 0.1) is 11.8 Å². The summed E-state index contributed by atoms with van der Waals surface area (Å²) < 4.78 is 5.25. The molecule has 2 unspecified atom stereocenters. The number of amides is 1. The normalized spacial score (nSPS) is 21.5. The molecule has 0 spiro atoms. The van der Waals surface area contributed by atoms with Crippen molar-refractivity contribution in [2.24, 2.45) is 11.8 Å². The predicted molar refractivity (Wildman–Crippen MR) is 83.2 cm³/mol. The molecule has 1 saturated heterocycles. The Bertz CT molecular complexity index is 575. The first-order valence-electron chi connectivity index (χ1n) is 7.25. The second kappa shape index (κ2) is 7.01. The van der Waals surface area contributed by atoms with Crippen LogP contribution in [0.25, 0.3) is 0 Å². The number of piperidine rings is 1. The standard InChI is InChI=1S/C16H20ClNO4/c1-10-9-18(6-5-13(10)16(20)21)15(19)8-11-7-12(17)3-4-14(11)22-2/h3-4,7,10,13H,5-6,8-9H2,1-2H3,(H,20,21). The molecule has 0 bridgehead atoms. The average molecular weight is 326 g/mol. The van der Waals surface area contributed by atoms with E-state index in [-0.39, 0.29) is 24.2 Å². The maximum atomic E-state index is 12.4. The third kappa shape index (κ3) is 3.71. The summed E-state index contributed by atoms with van der Waals surface area (Å²) in [6.45, 7) is 2.82. The van der Waals surface area contributed by atoms with Gasteiger partial charge >= 0.3 is 5.97 Å². The number of hydrogen-bond donors (Lipinski definition) is 1. The first kappa shape index (κ1) is 16.6. The van der Waals surface area contributed by atoms with Gasteiger partial charge in [-0.25, -0.2) is 0 Å². The maximum absolute atomic E-state index is 12.4. The van der Waals surface area contributed by atoms with E-state index in [1.807, 2.05) is 6.92 Å². The molecule has 0 aliphatic carbocycles. The Morgan fingerprint density at radius 3 is 2.77 bits per heavy atom. The highest BCUT2D eigenvalue weighted by atomic mass is 35.5. The molecule has 1 aromatic rings. The van der Waals surface area contributed by atoms with Crippen molar-refractivity contribution in [1.29, 1.82) is 0 Å². The number of benzene rings is 1. The molecule has 1 amide bonds. The van der Waals surface area contributed by atoms with Gasteiger partial charge in [0.15, 0.2) is 0 Å². The molecule has 5 nitrogen and oxygen atoms in total.